The standard InChI is InChI=1S/C70H50N4/c1-69(2)55-29-15-13-25-49(55)65-51(27-17-31-57(65)69)61-39-59(41-19-7-5-8-20-41)71-67(73-61)43-33-35-47-53(37-43)63-45-23-11-12-24-46(45)64(47)54-38-44(34-36-48(54)63)68-72-60(42-21-9-6-10-22-42)40-62(74-68)52-28-18-32-58-66(52)50-26-14-16-30-56(50)70(58,3)4/h5-40,63-64H,1-4H3. The highest BCUT2D eigenvalue weighted by atomic mass is 14.9. The third kappa shape index (κ3) is 6.21. The van der Waals surface area contributed by atoms with Gasteiger partial charge in [0.1, 0.15) is 0 Å². The highest BCUT2D eigenvalue weighted by molar-refractivity contribution is 5.94. The van der Waals surface area contributed by atoms with E-state index < -0.39 is 0 Å². The third-order valence-electron chi connectivity index (χ3n) is 16.9. The first-order valence-electron chi connectivity index (χ1n) is 25.9. The molecule has 11 aromatic rings. The van der Waals surface area contributed by atoms with Crippen molar-refractivity contribution >= 4 is 0 Å². The van der Waals surface area contributed by atoms with Crippen LogP contribution < -0.4 is 0 Å². The lowest BCUT2D eigenvalue weighted by molar-refractivity contribution is 0.660. The van der Waals surface area contributed by atoms with E-state index in [-0.39, 0.29) is 22.7 Å². The highest BCUT2D eigenvalue weighted by Crippen LogP contribution is 2.58. The molecule has 0 saturated carbocycles. The van der Waals surface area contributed by atoms with Gasteiger partial charge in [-0.3, -0.25) is 0 Å². The molecule has 2 bridgehead atoms. The Balaban J connectivity index is 0.871. The topological polar surface area (TPSA) is 51.6 Å². The molecule has 5 aliphatic carbocycles. The van der Waals surface area contributed by atoms with Crippen molar-refractivity contribution in [2.24, 2.45) is 0 Å². The number of nitrogens with zero attached hydrogens (tertiary/aromatic N) is 4. The molecular weight excluding hydrogens is 897 g/mol. The number of aromatic nitrogens is 4. The van der Waals surface area contributed by atoms with Crippen molar-refractivity contribution in [3.63, 3.8) is 0 Å². The first-order chi connectivity index (χ1) is 36.2. The van der Waals surface area contributed by atoms with Crippen molar-refractivity contribution in [1.29, 1.82) is 0 Å². The summed E-state index contributed by atoms with van der Waals surface area (Å²) in [6, 6.07) is 79.6. The van der Waals surface area contributed by atoms with Gasteiger partial charge in [-0.1, -0.05) is 222 Å². The van der Waals surface area contributed by atoms with Crippen LogP contribution in [0.5, 0.6) is 0 Å². The Hall–Kier alpha value is -8.86. The van der Waals surface area contributed by atoms with Crippen LogP contribution in [0.2, 0.25) is 0 Å². The Morgan fingerprint density at radius 3 is 1.07 bits per heavy atom. The maximum atomic E-state index is 5.51. The average Bonchev–Trinajstić information content (AvgIpc) is 3.84. The van der Waals surface area contributed by atoms with Gasteiger partial charge in [-0.05, 0) is 102 Å². The minimum Gasteiger partial charge on any atom is -0.228 e. The van der Waals surface area contributed by atoms with Crippen molar-refractivity contribution in [3.05, 3.63) is 274 Å². The maximum Gasteiger partial charge on any atom is 0.160 e. The fourth-order valence-electron chi connectivity index (χ4n) is 13.4. The molecule has 0 saturated heterocycles. The van der Waals surface area contributed by atoms with Crippen LogP contribution in [0.1, 0.15) is 95.2 Å². The molecule has 0 N–H and O–H groups in total. The Bertz CT molecular complexity index is 3880. The van der Waals surface area contributed by atoms with Gasteiger partial charge in [0.05, 0.1) is 22.8 Å². The third-order valence-corrected chi connectivity index (χ3v) is 16.9. The molecule has 4 heteroatoms. The van der Waals surface area contributed by atoms with Crippen LogP contribution in [-0.4, -0.2) is 19.9 Å². The fourth-order valence-corrected chi connectivity index (χ4v) is 13.4. The van der Waals surface area contributed by atoms with Crippen LogP contribution in [0.15, 0.2) is 218 Å². The summed E-state index contributed by atoms with van der Waals surface area (Å²) in [6.45, 7) is 9.35. The Morgan fingerprint density at radius 2 is 0.622 bits per heavy atom. The molecule has 350 valence electrons. The van der Waals surface area contributed by atoms with E-state index in [9.17, 15) is 0 Å². The van der Waals surface area contributed by atoms with Crippen LogP contribution in [0.3, 0.4) is 0 Å². The summed E-state index contributed by atoms with van der Waals surface area (Å²) in [5, 5.41) is 0. The SMILES string of the molecule is CC1(C)c2ccccc2-c2c(-c3cc(-c4ccccc4)nc(-c4ccc5c(c4)C4c6ccccc6C5c5cc(-c6nc(-c7ccccc7)cc(-c7cccc8c7-c7ccccc7C8(C)C)n6)ccc54)n3)cccc21. The van der Waals surface area contributed by atoms with Gasteiger partial charge in [-0.15, -0.1) is 0 Å². The van der Waals surface area contributed by atoms with Crippen LogP contribution in [0.25, 0.3) is 90.1 Å². The predicted octanol–water partition coefficient (Wildman–Crippen LogP) is 16.9. The normalized spacial score (nSPS) is 16.3. The zero-order valence-corrected chi connectivity index (χ0v) is 41.7. The summed E-state index contributed by atoms with van der Waals surface area (Å²) in [7, 11) is 0. The van der Waals surface area contributed by atoms with Gasteiger partial charge < -0.3 is 0 Å². The van der Waals surface area contributed by atoms with Crippen LogP contribution in [0.4, 0.5) is 0 Å². The molecule has 0 aliphatic heterocycles. The molecule has 16 rings (SSSR count). The van der Waals surface area contributed by atoms with Gasteiger partial charge in [0.15, 0.2) is 11.6 Å². The van der Waals surface area contributed by atoms with E-state index in [1.807, 2.05) is 0 Å². The number of rotatable bonds is 6. The summed E-state index contributed by atoms with van der Waals surface area (Å²) >= 11 is 0. The van der Waals surface area contributed by atoms with Gasteiger partial charge in [0.25, 0.3) is 0 Å². The van der Waals surface area contributed by atoms with Gasteiger partial charge in [-0.25, -0.2) is 19.9 Å². The van der Waals surface area contributed by atoms with Crippen molar-refractivity contribution in [1.82, 2.24) is 19.9 Å². The van der Waals surface area contributed by atoms with Crippen molar-refractivity contribution in [2.75, 3.05) is 0 Å². The van der Waals surface area contributed by atoms with Gasteiger partial charge in [0.2, 0.25) is 0 Å². The predicted molar refractivity (Wildman–Crippen MR) is 300 cm³/mol. The monoisotopic (exact) mass is 946 g/mol. The van der Waals surface area contributed by atoms with Crippen LogP contribution in [-0.2, 0) is 10.8 Å². The summed E-state index contributed by atoms with van der Waals surface area (Å²) in [5.74, 6) is 1.51. The van der Waals surface area contributed by atoms with E-state index in [1.54, 1.807) is 0 Å². The Morgan fingerprint density at radius 1 is 0.270 bits per heavy atom. The number of fused-ring (bicyclic) bond motifs is 6. The molecule has 2 atom stereocenters. The molecule has 4 nitrogen and oxygen atoms in total. The quantitative estimate of drug-likeness (QED) is 0.167. The number of hydrogen-bond donors (Lipinski definition) is 0. The van der Waals surface area contributed by atoms with Gasteiger partial charge in [-0.2, -0.15) is 0 Å². The zero-order chi connectivity index (χ0) is 49.5. The summed E-state index contributed by atoms with van der Waals surface area (Å²) in [6.07, 6.45) is 0. The molecular formula is C70H50N4. The first kappa shape index (κ1) is 42.8. The molecule has 2 aromatic heterocycles. The fraction of sp³-hybridized carbons (Fsp3) is 0.114. The molecule has 74 heavy (non-hydrogen) atoms. The minimum absolute atomic E-state index is 0.0329. The summed E-state index contributed by atoms with van der Waals surface area (Å²) in [4.78, 5) is 21.8. The molecule has 0 spiro atoms. The Labute approximate surface area is 432 Å². The zero-order valence-electron chi connectivity index (χ0n) is 41.7. The van der Waals surface area contributed by atoms with E-state index >= 15 is 0 Å². The molecule has 2 heterocycles. The molecule has 0 amide bonds. The van der Waals surface area contributed by atoms with Gasteiger partial charge in [0, 0.05) is 56.0 Å². The lowest BCUT2D eigenvalue weighted by atomic mass is 9.61. The van der Waals surface area contributed by atoms with E-state index in [0.29, 0.717) is 0 Å². The Kier molecular flexibility index (Phi) is 9.15. The van der Waals surface area contributed by atoms with E-state index in [1.165, 1.54) is 77.9 Å². The minimum atomic E-state index is -0.124. The second-order valence-corrected chi connectivity index (χ2v) is 21.6. The smallest absolute Gasteiger partial charge is 0.160 e. The number of hydrogen-bond acceptors (Lipinski definition) is 4. The maximum absolute atomic E-state index is 5.51. The van der Waals surface area contributed by atoms with Crippen molar-refractivity contribution in [3.8, 4) is 90.1 Å². The second-order valence-electron chi connectivity index (χ2n) is 21.6. The first-order valence-corrected chi connectivity index (χ1v) is 25.9. The van der Waals surface area contributed by atoms with E-state index in [2.05, 4.69) is 246 Å². The van der Waals surface area contributed by atoms with Crippen LogP contribution in [0, 0.1) is 0 Å². The van der Waals surface area contributed by atoms with Crippen molar-refractivity contribution < 1.29 is 0 Å². The van der Waals surface area contributed by atoms with Gasteiger partial charge >= 0.3 is 0 Å². The largest absolute Gasteiger partial charge is 0.228 e. The van der Waals surface area contributed by atoms with Crippen molar-refractivity contribution in [2.45, 2.75) is 50.4 Å². The highest BCUT2D eigenvalue weighted by Gasteiger charge is 2.43. The molecule has 2 unspecified atom stereocenters. The average molecular weight is 947 g/mol. The molecule has 0 radical (unpaired) electrons. The second kappa shape index (κ2) is 15.8. The molecule has 0 fully saturated rings. The lowest BCUT2D eigenvalue weighted by Crippen LogP contribution is -2.27. The summed E-state index contributed by atoms with van der Waals surface area (Å²) < 4.78 is 0. The number of benzene rings is 9. The molecule has 9 aromatic carbocycles. The lowest BCUT2D eigenvalue weighted by Gasteiger charge is -2.42. The van der Waals surface area contributed by atoms with E-state index in [0.717, 1.165) is 67.8 Å². The van der Waals surface area contributed by atoms with Crippen LogP contribution >= 0.6 is 0 Å². The molecule has 5 aliphatic rings. The summed E-state index contributed by atoms with van der Waals surface area (Å²) in [5.41, 5.74) is 28.2. The van der Waals surface area contributed by atoms with E-state index in [4.69, 9.17) is 19.9 Å².